The molecule has 0 aliphatic carbocycles. The monoisotopic (exact) mass is 299 g/mol. The Bertz CT molecular complexity index is 699. The van der Waals surface area contributed by atoms with Gasteiger partial charge in [-0.25, -0.2) is 4.98 Å². The lowest BCUT2D eigenvalue weighted by atomic mass is 10.1. The summed E-state index contributed by atoms with van der Waals surface area (Å²) in [5.74, 6) is 0.915. The fourth-order valence-corrected chi connectivity index (χ4v) is 2.79. The van der Waals surface area contributed by atoms with Crippen LogP contribution in [0.1, 0.15) is 5.56 Å². The summed E-state index contributed by atoms with van der Waals surface area (Å²) in [6, 6.07) is 10.2. The molecule has 2 heterocycles. The van der Waals surface area contributed by atoms with Gasteiger partial charge in [-0.3, -0.25) is 4.79 Å². The van der Waals surface area contributed by atoms with E-state index in [1.165, 1.54) is 10.9 Å². The molecule has 5 heteroatoms. The minimum absolute atomic E-state index is 0.00205. The molecule has 1 unspecified atom stereocenters. The number of pyridine rings is 1. The van der Waals surface area contributed by atoms with E-state index in [4.69, 9.17) is 9.72 Å². The second-order valence-electron chi connectivity index (χ2n) is 5.85. The van der Waals surface area contributed by atoms with Gasteiger partial charge in [-0.05, 0) is 24.6 Å². The molecule has 0 N–H and O–H groups in total. The van der Waals surface area contributed by atoms with Crippen molar-refractivity contribution >= 4 is 22.6 Å². The van der Waals surface area contributed by atoms with E-state index in [-0.39, 0.29) is 5.91 Å². The molecule has 0 saturated carbocycles. The molecular weight excluding hydrogens is 278 g/mol. The van der Waals surface area contributed by atoms with Crippen molar-refractivity contribution in [2.24, 2.45) is 0 Å². The molecule has 1 aliphatic rings. The number of morpholine rings is 1. The summed E-state index contributed by atoms with van der Waals surface area (Å²) >= 11 is 0. The van der Waals surface area contributed by atoms with E-state index in [0.717, 1.165) is 17.9 Å². The third-order valence-corrected chi connectivity index (χ3v) is 4.02. The number of likely N-dealkylation sites (N-methyl/N-ethyl adjacent to an activating group) is 1. The number of ether oxygens (including phenoxy) is 1. The van der Waals surface area contributed by atoms with Gasteiger partial charge in [0.15, 0.2) is 6.10 Å². The van der Waals surface area contributed by atoms with Gasteiger partial charge in [0.2, 0.25) is 0 Å². The summed E-state index contributed by atoms with van der Waals surface area (Å²) < 4.78 is 5.61. The maximum Gasteiger partial charge on any atom is 0.253 e. The van der Waals surface area contributed by atoms with E-state index < -0.39 is 6.10 Å². The number of nitrogens with zero attached hydrogens (tertiary/aromatic N) is 3. The molecule has 1 aliphatic heterocycles. The highest BCUT2D eigenvalue weighted by molar-refractivity contribution is 5.84. The highest BCUT2D eigenvalue weighted by Gasteiger charge is 2.28. The van der Waals surface area contributed by atoms with Crippen LogP contribution in [0.2, 0.25) is 0 Å². The summed E-state index contributed by atoms with van der Waals surface area (Å²) in [6.07, 6.45) is -0.419. The number of aryl methyl sites for hydroxylation is 1. The van der Waals surface area contributed by atoms with Gasteiger partial charge in [-0.1, -0.05) is 18.2 Å². The molecule has 1 aromatic heterocycles. The quantitative estimate of drug-likeness (QED) is 0.849. The molecule has 1 aromatic carbocycles. The van der Waals surface area contributed by atoms with Crippen LogP contribution in [0.15, 0.2) is 30.3 Å². The smallest absolute Gasteiger partial charge is 0.253 e. The van der Waals surface area contributed by atoms with Crippen LogP contribution in [0.4, 0.5) is 5.82 Å². The van der Waals surface area contributed by atoms with Crippen LogP contribution in [0, 0.1) is 6.92 Å². The number of rotatable bonds is 2. The van der Waals surface area contributed by atoms with Gasteiger partial charge >= 0.3 is 0 Å². The largest absolute Gasteiger partial charge is 0.365 e. The Labute approximate surface area is 130 Å². The van der Waals surface area contributed by atoms with Gasteiger partial charge in [0.1, 0.15) is 5.82 Å². The Morgan fingerprint density at radius 2 is 2.14 bits per heavy atom. The molecule has 1 saturated heterocycles. The zero-order chi connectivity index (χ0) is 15.7. The van der Waals surface area contributed by atoms with Gasteiger partial charge in [0.05, 0.1) is 18.7 Å². The highest BCUT2D eigenvalue weighted by Crippen LogP contribution is 2.23. The first-order chi connectivity index (χ1) is 10.6. The van der Waals surface area contributed by atoms with Gasteiger partial charge in [-0.2, -0.15) is 0 Å². The molecule has 1 atom stereocenters. The summed E-state index contributed by atoms with van der Waals surface area (Å²) in [4.78, 5) is 20.6. The number of carbonyl (C=O) groups is 1. The van der Waals surface area contributed by atoms with E-state index in [1.807, 2.05) is 18.2 Å². The Balaban J connectivity index is 1.89. The Morgan fingerprint density at radius 1 is 1.36 bits per heavy atom. The predicted octanol–water partition coefficient (Wildman–Crippen LogP) is 1.84. The van der Waals surface area contributed by atoms with E-state index in [1.54, 1.807) is 19.0 Å². The van der Waals surface area contributed by atoms with Gasteiger partial charge in [0.25, 0.3) is 5.91 Å². The van der Waals surface area contributed by atoms with Crippen molar-refractivity contribution in [1.29, 1.82) is 0 Å². The Hall–Kier alpha value is -2.14. The molecule has 22 heavy (non-hydrogen) atoms. The summed E-state index contributed by atoms with van der Waals surface area (Å²) in [5, 5.41) is 1.17. The van der Waals surface area contributed by atoms with E-state index in [0.29, 0.717) is 13.2 Å². The summed E-state index contributed by atoms with van der Waals surface area (Å²) in [5.41, 5.74) is 2.18. The third-order valence-electron chi connectivity index (χ3n) is 4.02. The number of para-hydroxylation sites is 1. The number of amides is 1. The van der Waals surface area contributed by atoms with Crippen LogP contribution in [0.5, 0.6) is 0 Å². The lowest BCUT2D eigenvalue weighted by molar-refractivity contribution is -0.141. The maximum absolute atomic E-state index is 12.1. The average molecular weight is 299 g/mol. The standard InChI is InChI=1S/C17H21N3O2/c1-12-10-16(18-14-7-5-4-6-13(12)14)20-8-9-22-15(11-20)17(21)19(2)3/h4-7,10,15H,8-9,11H2,1-3H3. The molecule has 3 rings (SSSR count). The van der Waals surface area contributed by atoms with Crippen LogP contribution in [0.25, 0.3) is 10.9 Å². The lowest BCUT2D eigenvalue weighted by Crippen LogP contribution is -2.49. The van der Waals surface area contributed by atoms with E-state index in [9.17, 15) is 4.79 Å². The van der Waals surface area contributed by atoms with Crippen molar-refractivity contribution in [2.45, 2.75) is 13.0 Å². The molecular formula is C17H21N3O2. The van der Waals surface area contributed by atoms with Crippen LogP contribution in [-0.2, 0) is 9.53 Å². The summed E-state index contributed by atoms with van der Waals surface area (Å²) in [6.45, 7) is 3.93. The molecule has 2 aromatic rings. The third kappa shape index (κ3) is 2.76. The highest BCUT2D eigenvalue weighted by atomic mass is 16.5. The van der Waals surface area contributed by atoms with Gasteiger partial charge in [0, 0.05) is 26.0 Å². The topological polar surface area (TPSA) is 45.7 Å². The minimum atomic E-state index is -0.419. The van der Waals surface area contributed by atoms with Crippen LogP contribution in [-0.4, -0.2) is 55.7 Å². The van der Waals surface area contributed by atoms with Crippen LogP contribution in [0.3, 0.4) is 0 Å². The molecule has 1 fully saturated rings. The fourth-order valence-electron chi connectivity index (χ4n) is 2.79. The second-order valence-corrected chi connectivity index (χ2v) is 5.85. The first-order valence-electron chi connectivity index (χ1n) is 7.50. The minimum Gasteiger partial charge on any atom is -0.365 e. The van der Waals surface area contributed by atoms with Crippen molar-refractivity contribution in [2.75, 3.05) is 38.7 Å². The predicted molar refractivity (Wildman–Crippen MR) is 87.1 cm³/mol. The number of aromatic nitrogens is 1. The molecule has 5 nitrogen and oxygen atoms in total. The Kier molecular flexibility index (Phi) is 3.98. The maximum atomic E-state index is 12.1. The number of fused-ring (bicyclic) bond motifs is 1. The average Bonchev–Trinajstić information content (AvgIpc) is 2.54. The van der Waals surface area contributed by atoms with Crippen molar-refractivity contribution in [3.05, 3.63) is 35.9 Å². The second kappa shape index (κ2) is 5.93. The molecule has 116 valence electrons. The Morgan fingerprint density at radius 3 is 2.91 bits per heavy atom. The van der Waals surface area contributed by atoms with Crippen molar-refractivity contribution < 1.29 is 9.53 Å². The molecule has 1 amide bonds. The zero-order valence-electron chi connectivity index (χ0n) is 13.2. The van der Waals surface area contributed by atoms with Crippen LogP contribution < -0.4 is 4.90 Å². The van der Waals surface area contributed by atoms with Crippen molar-refractivity contribution in [3.63, 3.8) is 0 Å². The van der Waals surface area contributed by atoms with E-state index >= 15 is 0 Å². The number of hydrogen-bond donors (Lipinski definition) is 0. The molecule has 0 spiro atoms. The fraction of sp³-hybridized carbons (Fsp3) is 0.412. The normalized spacial score (nSPS) is 18.5. The van der Waals surface area contributed by atoms with Crippen molar-refractivity contribution in [1.82, 2.24) is 9.88 Å². The first kappa shape index (κ1) is 14.8. The van der Waals surface area contributed by atoms with Gasteiger partial charge < -0.3 is 14.5 Å². The number of benzene rings is 1. The van der Waals surface area contributed by atoms with Crippen LogP contribution >= 0.6 is 0 Å². The number of carbonyl (C=O) groups excluding carboxylic acids is 1. The lowest BCUT2D eigenvalue weighted by Gasteiger charge is -2.34. The number of hydrogen-bond acceptors (Lipinski definition) is 4. The molecule has 0 radical (unpaired) electrons. The number of anilines is 1. The summed E-state index contributed by atoms with van der Waals surface area (Å²) in [7, 11) is 3.51. The first-order valence-corrected chi connectivity index (χ1v) is 7.50. The van der Waals surface area contributed by atoms with Crippen molar-refractivity contribution in [3.8, 4) is 0 Å². The van der Waals surface area contributed by atoms with Gasteiger partial charge in [-0.15, -0.1) is 0 Å². The SMILES string of the molecule is Cc1cc(N2CCOC(C(=O)N(C)C)C2)nc2ccccc12. The van der Waals surface area contributed by atoms with E-state index in [2.05, 4.69) is 24.0 Å². The molecule has 0 bridgehead atoms. The zero-order valence-corrected chi connectivity index (χ0v) is 13.2.